The number of para-hydroxylation sites is 2. The molecule has 2 aromatic carbocycles. The summed E-state index contributed by atoms with van der Waals surface area (Å²) < 4.78 is 0.973. The van der Waals surface area contributed by atoms with Crippen LogP contribution in [-0.4, -0.2) is 9.97 Å². The number of hydrogen-bond acceptors (Lipinski definition) is 4. The minimum Gasteiger partial charge on any atom is -0.340 e. The first-order valence-electron chi connectivity index (χ1n) is 7.88. The quantitative estimate of drug-likeness (QED) is 0.602. The van der Waals surface area contributed by atoms with Crippen molar-refractivity contribution in [3.63, 3.8) is 0 Å². The first-order chi connectivity index (χ1) is 11.7. The van der Waals surface area contributed by atoms with E-state index in [1.165, 1.54) is 5.56 Å². The van der Waals surface area contributed by atoms with Crippen LogP contribution in [0.15, 0.2) is 59.1 Å². The minimum atomic E-state index is 0.568. The molecule has 2 N–H and O–H groups in total. The summed E-state index contributed by atoms with van der Waals surface area (Å²) in [5.74, 6) is 1.34. The van der Waals surface area contributed by atoms with Crippen LogP contribution >= 0.6 is 15.9 Å². The van der Waals surface area contributed by atoms with Gasteiger partial charge in [0.15, 0.2) is 0 Å². The lowest BCUT2D eigenvalue weighted by Gasteiger charge is -2.13. The first-order valence-corrected chi connectivity index (χ1v) is 8.67. The van der Waals surface area contributed by atoms with E-state index in [4.69, 9.17) is 0 Å². The highest BCUT2D eigenvalue weighted by molar-refractivity contribution is 9.10. The second kappa shape index (κ2) is 7.45. The summed E-state index contributed by atoms with van der Waals surface area (Å²) in [5.41, 5.74) is 4.16. The average Bonchev–Trinajstić information content (AvgIpc) is 2.57. The molecule has 0 aliphatic carbocycles. The van der Waals surface area contributed by atoms with Gasteiger partial charge in [0.25, 0.3) is 0 Å². The molecule has 3 aromatic rings. The summed E-state index contributed by atoms with van der Waals surface area (Å²) in [6, 6.07) is 18.1. The number of benzene rings is 2. The van der Waals surface area contributed by atoms with Crippen molar-refractivity contribution in [1.29, 1.82) is 0 Å². The molecule has 24 heavy (non-hydrogen) atoms. The van der Waals surface area contributed by atoms with Gasteiger partial charge in [-0.25, -0.2) is 4.98 Å². The standard InChI is InChI=1S/C19H19BrN4/c1-3-14-8-4-6-10-16(14)22-18-12-13(2)21-19(24-18)23-17-11-7-5-9-15(17)20/h4-12H,3H2,1-2H3,(H2,21,22,23,24). The van der Waals surface area contributed by atoms with Crippen LogP contribution in [0.1, 0.15) is 18.2 Å². The van der Waals surface area contributed by atoms with Gasteiger partial charge in [0, 0.05) is 21.9 Å². The fourth-order valence-electron chi connectivity index (χ4n) is 2.46. The van der Waals surface area contributed by atoms with Gasteiger partial charge in [-0.1, -0.05) is 37.3 Å². The molecule has 0 bridgehead atoms. The summed E-state index contributed by atoms with van der Waals surface area (Å²) in [5, 5.41) is 6.66. The molecule has 0 atom stereocenters. The molecule has 5 heteroatoms. The van der Waals surface area contributed by atoms with Gasteiger partial charge in [-0.05, 0) is 53.0 Å². The number of aryl methyl sites for hydroxylation is 2. The maximum absolute atomic E-state index is 4.59. The minimum absolute atomic E-state index is 0.568. The summed E-state index contributed by atoms with van der Waals surface area (Å²) in [4.78, 5) is 9.06. The Morgan fingerprint density at radius 2 is 1.62 bits per heavy atom. The van der Waals surface area contributed by atoms with Crippen molar-refractivity contribution in [3.05, 3.63) is 70.3 Å². The molecule has 3 rings (SSSR count). The van der Waals surface area contributed by atoms with E-state index in [-0.39, 0.29) is 0 Å². The van der Waals surface area contributed by atoms with Crippen molar-refractivity contribution in [2.24, 2.45) is 0 Å². The third kappa shape index (κ3) is 3.92. The van der Waals surface area contributed by atoms with Gasteiger partial charge < -0.3 is 10.6 Å². The molecule has 0 aliphatic rings. The number of nitrogens with zero attached hydrogens (tertiary/aromatic N) is 2. The Bertz CT molecular complexity index is 848. The maximum Gasteiger partial charge on any atom is 0.229 e. The zero-order chi connectivity index (χ0) is 16.9. The topological polar surface area (TPSA) is 49.8 Å². The molecule has 1 aromatic heterocycles. The van der Waals surface area contributed by atoms with Crippen molar-refractivity contribution >= 4 is 39.1 Å². The van der Waals surface area contributed by atoms with Crippen LogP contribution in [0.4, 0.5) is 23.1 Å². The number of hydrogen-bond donors (Lipinski definition) is 2. The second-order valence-corrected chi connectivity index (χ2v) is 6.31. The molecule has 0 unspecified atom stereocenters. The fraction of sp³-hybridized carbons (Fsp3) is 0.158. The summed E-state index contributed by atoms with van der Waals surface area (Å²) in [6.07, 6.45) is 0.968. The van der Waals surface area contributed by atoms with Crippen LogP contribution in [0.2, 0.25) is 0 Å². The molecule has 0 saturated carbocycles. The number of aromatic nitrogens is 2. The molecule has 122 valence electrons. The highest BCUT2D eigenvalue weighted by Gasteiger charge is 2.07. The van der Waals surface area contributed by atoms with Crippen LogP contribution in [0.5, 0.6) is 0 Å². The van der Waals surface area contributed by atoms with Crippen LogP contribution in [0, 0.1) is 6.92 Å². The third-order valence-electron chi connectivity index (χ3n) is 3.64. The summed E-state index contributed by atoms with van der Waals surface area (Å²) >= 11 is 3.53. The Morgan fingerprint density at radius 3 is 2.38 bits per heavy atom. The summed E-state index contributed by atoms with van der Waals surface area (Å²) in [7, 11) is 0. The lowest BCUT2D eigenvalue weighted by Crippen LogP contribution is -2.03. The first kappa shape index (κ1) is 16.5. The van der Waals surface area contributed by atoms with E-state index in [0.29, 0.717) is 5.95 Å². The van der Waals surface area contributed by atoms with E-state index in [0.717, 1.165) is 33.8 Å². The lowest BCUT2D eigenvalue weighted by molar-refractivity contribution is 1.10. The number of anilines is 4. The molecule has 0 aliphatic heterocycles. The van der Waals surface area contributed by atoms with Crippen molar-refractivity contribution in [2.45, 2.75) is 20.3 Å². The highest BCUT2D eigenvalue weighted by atomic mass is 79.9. The van der Waals surface area contributed by atoms with Crippen LogP contribution in [0.3, 0.4) is 0 Å². The monoisotopic (exact) mass is 382 g/mol. The SMILES string of the molecule is CCc1ccccc1Nc1cc(C)nc(Nc2ccccc2Br)n1. The van der Waals surface area contributed by atoms with Gasteiger partial charge in [0.05, 0.1) is 5.69 Å². The number of nitrogens with one attached hydrogen (secondary N) is 2. The third-order valence-corrected chi connectivity index (χ3v) is 4.33. The molecule has 0 spiro atoms. The van der Waals surface area contributed by atoms with E-state index in [2.05, 4.69) is 61.7 Å². The van der Waals surface area contributed by atoms with Gasteiger partial charge >= 0.3 is 0 Å². The number of halogens is 1. The molecular formula is C19H19BrN4. The Morgan fingerprint density at radius 1 is 0.917 bits per heavy atom. The van der Waals surface area contributed by atoms with Gasteiger partial charge in [-0.3, -0.25) is 0 Å². The predicted octanol–water partition coefficient (Wildman–Crippen LogP) is 5.60. The largest absolute Gasteiger partial charge is 0.340 e. The molecule has 4 nitrogen and oxygen atoms in total. The van der Waals surface area contributed by atoms with Crippen LogP contribution in [0.25, 0.3) is 0 Å². The van der Waals surface area contributed by atoms with Crippen LogP contribution < -0.4 is 10.6 Å². The molecular weight excluding hydrogens is 364 g/mol. The van der Waals surface area contributed by atoms with Crippen molar-refractivity contribution in [3.8, 4) is 0 Å². The summed E-state index contributed by atoms with van der Waals surface area (Å²) in [6.45, 7) is 4.11. The van der Waals surface area contributed by atoms with Gasteiger partial charge in [0.2, 0.25) is 5.95 Å². The lowest BCUT2D eigenvalue weighted by atomic mass is 10.1. The van der Waals surface area contributed by atoms with E-state index in [1.54, 1.807) is 0 Å². The Kier molecular flexibility index (Phi) is 5.11. The molecule has 0 amide bonds. The Balaban J connectivity index is 1.88. The normalized spacial score (nSPS) is 10.5. The van der Waals surface area contributed by atoms with Crippen molar-refractivity contribution in [2.75, 3.05) is 10.6 Å². The van der Waals surface area contributed by atoms with Crippen molar-refractivity contribution in [1.82, 2.24) is 9.97 Å². The van der Waals surface area contributed by atoms with Crippen LogP contribution in [-0.2, 0) is 6.42 Å². The van der Waals surface area contributed by atoms with Gasteiger partial charge in [-0.2, -0.15) is 4.98 Å². The van der Waals surface area contributed by atoms with E-state index < -0.39 is 0 Å². The number of rotatable bonds is 5. The fourth-order valence-corrected chi connectivity index (χ4v) is 2.84. The predicted molar refractivity (Wildman–Crippen MR) is 103 cm³/mol. The molecule has 0 radical (unpaired) electrons. The smallest absolute Gasteiger partial charge is 0.229 e. The zero-order valence-electron chi connectivity index (χ0n) is 13.7. The van der Waals surface area contributed by atoms with E-state index >= 15 is 0 Å². The maximum atomic E-state index is 4.59. The average molecular weight is 383 g/mol. The van der Waals surface area contributed by atoms with Crippen molar-refractivity contribution < 1.29 is 0 Å². The van der Waals surface area contributed by atoms with Gasteiger partial charge in [-0.15, -0.1) is 0 Å². The Hall–Kier alpha value is -2.40. The zero-order valence-corrected chi connectivity index (χ0v) is 15.3. The highest BCUT2D eigenvalue weighted by Crippen LogP contribution is 2.25. The molecule has 0 saturated heterocycles. The molecule has 0 fully saturated rings. The van der Waals surface area contributed by atoms with E-state index in [1.807, 2.05) is 43.3 Å². The van der Waals surface area contributed by atoms with E-state index in [9.17, 15) is 0 Å². The Labute approximate surface area is 150 Å². The van der Waals surface area contributed by atoms with Gasteiger partial charge in [0.1, 0.15) is 5.82 Å². The molecule has 1 heterocycles. The second-order valence-electron chi connectivity index (χ2n) is 5.46.